The SMILES string of the molecule is COc1cc(Cl)c(C)cc1C(=O)CCCC(=O)O. The van der Waals surface area contributed by atoms with Gasteiger partial charge in [0, 0.05) is 17.9 Å². The van der Waals surface area contributed by atoms with Crippen molar-refractivity contribution in [3.63, 3.8) is 0 Å². The number of carboxylic acid groups (broad SMARTS) is 1. The number of carboxylic acids is 1. The summed E-state index contributed by atoms with van der Waals surface area (Å²) < 4.78 is 5.11. The Balaban J connectivity index is 2.84. The van der Waals surface area contributed by atoms with Gasteiger partial charge in [-0.3, -0.25) is 9.59 Å². The fraction of sp³-hybridized carbons (Fsp3) is 0.385. The maximum absolute atomic E-state index is 12.0. The van der Waals surface area contributed by atoms with E-state index < -0.39 is 5.97 Å². The predicted molar refractivity (Wildman–Crippen MR) is 68.6 cm³/mol. The highest BCUT2D eigenvalue weighted by Crippen LogP contribution is 2.28. The predicted octanol–water partition coefficient (Wildman–Crippen LogP) is 3.09. The fourth-order valence-electron chi connectivity index (χ4n) is 1.58. The number of Topliss-reactive ketones (excluding diaryl/α,β-unsaturated/α-hetero) is 1. The van der Waals surface area contributed by atoms with Gasteiger partial charge < -0.3 is 9.84 Å². The number of aryl methyl sites for hydroxylation is 1. The minimum atomic E-state index is -0.901. The second kappa shape index (κ2) is 6.40. The highest BCUT2D eigenvalue weighted by Gasteiger charge is 2.14. The molecular weight excluding hydrogens is 256 g/mol. The molecule has 98 valence electrons. The molecule has 0 aliphatic heterocycles. The van der Waals surface area contributed by atoms with E-state index >= 15 is 0 Å². The molecule has 1 rings (SSSR count). The van der Waals surface area contributed by atoms with Crippen LogP contribution >= 0.6 is 11.6 Å². The number of carbonyl (C=O) groups excluding carboxylic acids is 1. The van der Waals surface area contributed by atoms with Crippen molar-refractivity contribution in [2.24, 2.45) is 0 Å². The first-order valence-corrected chi connectivity index (χ1v) is 5.92. The summed E-state index contributed by atoms with van der Waals surface area (Å²) >= 11 is 5.95. The van der Waals surface area contributed by atoms with Gasteiger partial charge in [-0.2, -0.15) is 0 Å². The highest BCUT2D eigenvalue weighted by atomic mass is 35.5. The van der Waals surface area contributed by atoms with Gasteiger partial charge in [-0.05, 0) is 31.0 Å². The van der Waals surface area contributed by atoms with E-state index in [-0.39, 0.29) is 18.6 Å². The van der Waals surface area contributed by atoms with E-state index in [0.717, 1.165) is 5.56 Å². The lowest BCUT2D eigenvalue weighted by atomic mass is 10.0. The van der Waals surface area contributed by atoms with Crippen LogP contribution in [0.1, 0.15) is 35.2 Å². The highest BCUT2D eigenvalue weighted by molar-refractivity contribution is 6.31. The molecule has 0 aromatic heterocycles. The van der Waals surface area contributed by atoms with Crippen LogP contribution in [-0.4, -0.2) is 24.0 Å². The molecule has 0 radical (unpaired) electrons. The Bertz CT molecular complexity index is 468. The van der Waals surface area contributed by atoms with Crippen LogP contribution < -0.4 is 4.74 Å². The molecule has 18 heavy (non-hydrogen) atoms. The Kier molecular flexibility index (Phi) is 5.16. The molecule has 1 aromatic carbocycles. The van der Waals surface area contributed by atoms with Gasteiger partial charge in [0.1, 0.15) is 5.75 Å². The molecule has 0 atom stereocenters. The van der Waals surface area contributed by atoms with Crippen molar-refractivity contribution in [2.45, 2.75) is 26.2 Å². The number of hydrogen-bond donors (Lipinski definition) is 1. The van der Waals surface area contributed by atoms with Gasteiger partial charge in [0.2, 0.25) is 0 Å². The van der Waals surface area contributed by atoms with Crippen molar-refractivity contribution < 1.29 is 19.4 Å². The molecule has 5 heteroatoms. The third kappa shape index (κ3) is 3.74. The first kappa shape index (κ1) is 14.5. The number of benzene rings is 1. The Labute approximate surface area is 111 Å². The van der Waals surface area contributed by atoms with E-state index in [2.05, 4.69) is 0 Å². The second-order valence-corrected chi connectivity index (χ2v) is 4.38. The molecule has 4 nitrogen and oxygen atoms in total. The van der Waals surface area contributed by atoms with Crippen LogP contribution in [0.3, 0.4) is 0 Å². The van der Waals surface area contributed by atoms with Crippen LogP contribution in [0.15, 0.2) is 12.1 Å². The molecule has 0 saturated heterocycles. The number of halogens is 1. The quantitative estimate of drug-likeness (QED) is 0.807. The van der Waals surface area contributed by atoms with Gasteiger partial charge in [0.05, 0.1) is 12.7 Å². The van der Waals surface area contributed by atoms with Crippen LogP contribution in [0.25, 0.3) is 0 Å². The van der Waals surface area contributed by atoms with E-state index in [1.165, 1.54) is 7.11 Å². The topological polar surface area (TPSA) is 63.6 Å². The summed E-state index contributed by atoms with van der Waals surface area (Å²) in [6.45, 7) is 1.80. The number of methoxy groups -OCH3 is 1. The Morgan fingerprint density at radius 3 is 2.56 bits per heavy atom. The van der Waals surface area contributed by atoms with Gasteiger partial charge in [0.25, 0.3) is 0 Å². The van der Waals surface area contributed by atoms with Crippen molar-refractivity contribution in [3.8, 4) is 5.75 Å². The van der Waals surface area contributed by atoms with Crippen LogP contribution in [0.4, 0.5) is 0 Å². The molecule has 0 bridgehead atoms. The van der Waals surface area contributed by atoms with Crippen LogP contribution in [0.5, 0.6) is 5.75 Å². The lowest BCUT2D eigenvalue weighted by Gasteiger charge is -2.09. The van der Waals surface area contributed by atoms with Crippen molar-refractivity contribution >= 4 is 23.4 Å². The Hall–Kier alpha value is -1.55. The number of rotatable bonds is 6. The average molecular weight is 271 g/mol. The summed E-state index contributed by atoms with van der Waals surface area (Å²) in [7, 11) is 1.47. The Morgan fingerprint density at radius 1 is 1.33 bits per heavy atom. The van der Waals surface area contributed by atoms with Crippen LogP contribution in [0.2, 0.25) is 5.02 Å². The standard InChI is InChI=1S/C13H15ClO4/c1-8-6-9(12(18-2)7-10(8)14)11(15)4-3-5-13(16)17/h6-7H,3-5H2,1-2H3,(H,16,17). The van der Waals surface area contributed by atoms with E-state index in [0.29, 0.717) is 22.8 Å². The summed E-state index contributed by atoms with van der Waals surface area (Å²) in [4.78, 5) is 22.3. The molecule has 1 aromatic rings. The smallest absolute Gasteiger partial charge is 0.303 e. The average Bonchev–Trinajstić information content (AvgIpc) is 2.31. The number of ether oxygens (including phenoxy) is 1. The molecule has 0 fully saturated rings. The molecule has 0 spiro atoms. The fourth-order valence-corrected chi connectivity index (χ4v) is 1.74. The normalized spacial score (nSPS) is 10.2. The summed E-state index contributed by atoms with van der Waals surface area (Å²) in [6.07, 6.45) is 0.489. The lowest BCUT2D eigenvalue weighted by molar-refractivity contribution is -0.137. The van der Waals surface area contributed by atoms with Crippen molar-refractivity contribution in [1.29, 1.82) is 0 Å². The molecule has 0 unspecified atom stereocenters. The number of aliphatic carboxylic acids is 1. The molecule has 0 aliphatic rings. The monoisotopic (exact) mass is 270 g/mol. The number of carbonyl (C=O) groups is 2. The molecule has 0 saturated carbocycles. The first-order valence-electron chi connectivity index (χ1n) is 5.55. The van der Waals surface area contributed by atoms with Crippen LogP contribution in [-0.2, 0) is 4.79 Å². The Morgan fingerprint density at radius 2 is 2.00 bits per heavy atom. The number of ketones is 1. The van der Waals surface area contributed by atoms with Crippen molar-refractivity contribution in [3.05, 3.63) is 28.3 Å². The van der Waals surface area contributed by atoms with Gasteiger partial charge in [-0.25, -0.2) is 0 Å². The zero-order chi connectivity index (χ0) is 13.7. The summed E-state index contributed by atoms with van der Waals surface area (Å²) in [5.41, 5.74) is 1.24. The van der Waals surface area contributed by atoms with Gasteiger partial charge in [0.15, 0.2) is 5.78 Å². The minimum absolute atomic E-state index is 0.0133. The summed E-state index contributed by atoms with van der Waals surface area (Å²) in [5, 5.41) is 9.06. The van der Waals surface area contributed by atoms with E-state index in [9.17, 15) is 9.59 Å². The van der Waals surface area contributed by atoms with Gasteiger partial charge in [-0.1, -0.05) is 11.6 Å². The van der Waals surface area contributed by atoms with Crippen LogP contribution in [0, 0.1) is 6.92 Å². The maximum atomic E-state index is 12.0. The van der Waals surface area contributed by atoms with E-state index in [4.69, 9.17) is 21.4 Å². The maximum Gasteiger partial charge on any atom is 0.303 e. The van der Waals surface area contributed by atoms with E-state index in [1.807, 2.05) is 0 Å². The molecule has 0 amide bonds. The lowest BCUT2D eigenvalue weighted by Crippen LogP contribution is -2.04. The third-order valence-electron chi connectivity index (χ3n) is 2.58. The number of hydrogen-bond acceptors (Lipinski definition) is 3. The molecular formula is C13H15ClO4. The summed E-state index contributed by atoms with van der Waals surface area (Å²) in [6, 6.07) is 3.27. The largest absolute Gasteiger partial charge is 0.496 e. The van der Waals surface area contributed by atoms with Gasteiger partial charge >= 0.3 is 5.97 Å². The minimum Gasteiger partial charge on any atom is -0.496 e. The molecule has 0 heterocycles. The molecule has 1 N–H and O–H groups in total. The third-order valence-corrected chi connectivity index (χ3v) is 2.98. The van der Waals surface area contributed by atoms with Crippen molar-refractivity contribution in [1.82, 2.24) is 0 Å². The molecule has 0 aliphatic carbocycles. The zero-order valence-electron chi connectivity index (χ0n) is 10.3. The van der Waals surface area contributed by atoms with E-state index in [1.54, 1.807) is 19.1 Å². The first-order chi connectivity index (χ1) is 8.45. The zero-order valence-corrected chi connectivity index (χ0v) is 11.1. The van der Waals surface area contributed by atoms with Crippen molar-refractivity contribution in [2.75, 3.05) is 7.11 Å². The second-order valence-electron chi connectivity index (χ2n) is 3.97. The van der Waals surface area contributed by atoms with Gasteiger partial charge in [-0.15, -0.1) is 0 Å². The summed E-state index contributed by atoms with van der Waals surface area (Å²) in [5.74, 6) is -0.610.